The Morgan fingerprint density at radius 2 is 2.47 bits per heavy atom. The molecule has 0 unspecified atom stereocenters. The van der Waals surface area contributed by atoms with E-state index in [0.717, 1.165) is 31.5 Å². The fourth-order valence-electron chi connectivity index (χ4n) is 1.72. The molecule has 1 aliphatic rings. The van der Waals surface area contributed by atoms with Crippen LogP contribution in [0.1, 0.15) is 19.8 Å². The maximum Gasteiger partial charge on any atom is 0.224 e. The molecule has 1 atom stereocenters. The Morgan fingerprint density at radius 1 is 1.67 bits per heavy atom. The average Bonchev–Trinajstić information content (AvgIpc) is 2.27. The highest BCUT2D eigenvalue weighted by Crippen LogP contribution is 2.09. The second-order valence-corrected chi connectivity index (χ2v) is 3.92. The van der Waals surface area contributed by atoms with E-state index in [2.05, 4.69) is 17.2 Å². The van der Waals surface area contributed by atoms with Gasteiger partial charge in [0.2, 0.25) is 5.91 Å². The van der Waals surface area contributed by atoms with Gasteiger partial charge in [0.1, 0.15) is 0 Å². The van der Waals surface area contributed by atoms with Crippen LogP contribution in [0.4, 0.5) is 0 Å². The summed E-state index contributed by atoms with van der Waals surface area (Å²) in [5, 5.41) is 6.14. The normalized spacial score (nSPS) is 21.5. The van der Waals surface area contributed by atoms with Crippen LogP contribution in [0, 0.1) is 5.92 Å². The summed E-state index contributed by atoms with van der Waals surface area (Å²) in [6.07, 6.45) is 5.93. The van der Waals surface area contributed by atoms with Gasteiger partial charge in [-0.05, 0) is 31.9 Å². The summed E-state index contributed by atoms with van der Waals surface area (Å²) in [5.74, 6) is 0.282. The third-order valence-electron chi connectivity index (χ3n) is 2.56. The molecule has 1 aliphatic heterocycles. The molecule has 3 nitrogen and oxygen atoms in total. The van der Waals surface area contributed by atoms with E-state index in [1.807, 2.05) is 19.1 Å². The van der Waals surface area contributed by atoms with Crippen molar-refractivity contribution in [2.45, 2.75) is 19.8 Å². The van der Waals surface area contributed by atoms with Crippen LogP contribution >= 0.6 is 0 Å². The highest BCUT2D eigenvalue weighted by molar-refractivity contribution is 5.79. The quantitative estimate of drug-likeness (QED) is 0.682. The van der Waals surface area contributed by atoms with Gasteiger partial charge in [-0.1, -0.05) is 18.7 Å². The monoisotopic (exact) mass is 208 g/mol. The fraction of sp³-hybridized carbons (Fsp3) is 0.583. The Labute approximate surface area is 91.6 Å². The largest absolute Gasteiger partial charge is 0.352 e. The topological polar surface area (TPSA) is 41.1 Å². The minimum absolute atomic E-state index is 0.136. The van der Waals surface area contributed by atoms with Crippen molar-refractivity contribution in [2.75, 3.05) is 19.6 Å². The van der Waals surface area contributed by atoms with E-state index < -0.39 is 0 Å². The van der Waals surface area contributed by atoms with Gasteiger partial charge in [0.25, 0.3) is 0 Å². The van der Waals surface area contributed by atoms with Crippen molar-refractivity contribution < 1.29 is 4.79 Å². The lowest BCUT2D eigenvalue weighted by molar-refractivity contribution is -0.125. The van der Waals surface area contributed by atoms with Crippen molar-refractivity contribution in [3.8, 4) is 0 Å². The zero-order valence-corrected chi connectivity index (χ0v) is 9.38. The highest BCUT2D eigenvalue weighted by Gasteiger charge is 2.20. The number of hydrogen-bond acceptors (Lipinski definition) is 2. The molecule has 1 rings (SSSR count). The van der Waals surface area contributed by atoms with Gasteiger partial charge >= 0.3 is 0 Å². The fourth-order valence-corrected chi connectivity index (χ4v) is 1.72. The summed E-state index contributed by atoms with van der Waals surface area (Å²) in [6.45, 7) is 8.19. The van der Waals surface area contributed by atoms with Gasteiger partial charge in [0, 0.05) is 13.1 Å². The number of hydrogen-bond donors (Lipinski definition) is 2. The number of carbonyl (C=O) groups is 1. The van der Waals surface area contributed by atoms with Crippen LogP contribution in [0.25, 0.3) is 0 Å². The summed E-state index contributed by atoms with van der Waals surface area (Å²) in [4.78, 5) is 11.7. The first-order valence-electron chi connectivity index (χ1n) is 5.53. The van der Waals surface area contributed by atoms with E-state index in [-0.39, 0.29) is 11.8 Å². The van der Waals surface area contributed by atoms with Crippen LogP contribution < -0.4 is 10.6 Å². The molecule has 0 aromatic carbocycles. The standard InChI is InChI=1S/C12H20N2O/c1-3-5-10(2)8-14-12(15)11-6-4-7-13-9-11/h3,5,11,13H,2,4,6-9H2,1H3,(H,14,15)/b5-3-/t11-/m1/s1. The molecule has 1 amide bonds. The van der Waals surface area contributed by atoms with Crippen LogP contribution in [0.5, 0.6) is 0 Å². The van der Waals surface area contributed by atoms with Gasteiger partial charge in [0.15, 0.2) is 0 Å². The van der Waals surface area contributed by atoms with E-state index in [9.17, 15) is 4.79 Å². The maximum atomic E-state index is 11.7. The summed E-state index contributed by atoms with van der Waals surface area (Å²) < 4.78 is 0. The van der Waals surface area contributed by atoms with Crippen LogP contribution in [0.15, 0.2) is 24.3 Å². The SMILES string of the molecule is C=C(/C=C\C)CNC(=O)[C@@H]1CCCNC1. The predicted molar refractivity (Wildman–Crippen MR) is 62.6 cm³/mol. The molecule has 0 spiro atoms. The van der Waals surface area contributed by atoms with E-state index in [4.69, 9.17) is 0 Å². The lowest BCUT2D eigenvalue weighted by Crippen LogP contribution is -2.40. The first-order chi connectivity index (χ1) is 7.24. The average molecular weight is 208 g/mol. The molecule has 84 valence electrons. The van der Waals surface area contributed by atoms with Crippen LogP contribution in [0.2, 0.25) is 0 Å². The van der Waals surface area contributed by atoms with Gasteiger partial charge in [-0.25, -0.2) is 0 Å². The first kappa shape index (κ1) is 12.0. The Balaban J connectivity index is 2.25. The van der Waals surface area contributed by atoms with Crippen molar-refractivity contribution in [1.82, 2.24) is 10.6 Å². The third kappa shape index (κ3) is 4.30. The first-order valence-corrected chi connectivity index (χ1v) is 5.53. The molecule has 0 aliphatic carbocycles. The Bertz CT molecular complexity index is 252. The molecule has 2 N–H and O–H groups in total. The van der Waals surface area contributed by atoms with Crippen molar-refractivity contribution in [3.63, 3.8) is 0 Å². The van der Waals surface area contributed by atoms with Gasteiger partial charge in [0.05, 0.1) is 5.92 Å². The molecule has 0 radical (unpaired) electrons. The minimum Gasteiger partial charge on any atom is -0.352 e. The molecular weight excluding hydrogens is 188 g/mol. The Morgan fingerprint density at radius 3 is 3.07 bits per heavy atom. The highest BCUT2D eigenvalue weighted by atomic mass is 16.1. The number of allylic oxidation sites excluding steroid dienone is 1. The molecular formula is C12H20N2O. The van der Waals surface area contributed by atoms with Gasteiger partial charge < -0.3 is 10.6 Å². The molecule has 0 aromatic rings. The maximum absolute atomic E-state index is 11.7. The van der Waals surface area contributed by atoms with Gasteiger partial charge in [-0.15, -0.1) is 0 Å². The number of rotatable bonds is 4. The van der Waals surface area contributed by atoms with E-state index in [1.54, 1.807) is 0 Å². The second kappa shape index (κ2) is 6.40. The molecule has 1 heterocycles. The van der Waals surface area contributed by atoms with Crippen molar-refractivity contribution >= 4 is 5.91 Å². The summed E-state index contributed by atoms with van der Waals surface area (Å²) in [5.41, 5.74) is 0.939. The van der Waals surface area contributed by atoms with Crippen molar-refractivity contribution in [2.24, 2.45) is 5.92 Å². The lowest BCUT2D eigenvalue weighted by Gasteiger charge is -2.21. The molecule has 0 bridgehead atoms. The molecule has 0 aromatic heterocycles. The van der Waals surface area contributed by atoms with E-state index in [0.29, 0.717) is 6.54 Å². The van der Waals surface area contributed by atoms with E-state index >= 15 is 0 Å². The van der Waals surface area contributed by atoms with Gasteiger partial charge in [-0.2, -0.15) is 0 Å². The zero-order valence-electron chi connectivity index (χ0n) is 9.38. The van der Waals surface area contributed by atoms with Gasteiger partial charge in [-0.3, -0.25) is 4.79 Å². The summed E-state index contributed by atoms with van der Waals surface area (Å²) in [6, 6.07) is 0. The Hall–Kier alpha value is -1.09. The molecule has 15 heavy (non-hydrogen) atoms. The second-order valence-electron chi connectivity index (χ2n) is 3.92. The van der Waals surface area contributed by atoms with Crippen LogP contribution in [-0.4, -0.2) is 25.5 Å². The smallest absolute Gasteiger partial charge is 0.224 e. The number of amides is 1. The molecule has 1 fully saturated rings. The number of nitrogens with one attached hydrogen (secondary N) is 2. The van der Waals surface area contributed by atoms with Crippen LogP contribution in [-0.2, 0) is 4.79 Å². The molecule has 3 heteroatoms. The third-order valence-corrected chi connectivity index (χ3v) is 2.56. The zero-order chi connectivity index (χ0) is 11.1. The molecule has 1 saturated heterocycles. The lowest BCUT2D eigenvalue weighted by atomic mass is 9.99. The van der Waals surface area contributed by atoms with Crippen LogP contribution in [0.3, 0.4) is 0 Å². The predicted octanol–water partition coefficient (Wildman–Crippen LogP) is 1.23. The summed E-state index contributed by atoms with van der Waals surface area (Å²) >= 11 is 0. The minimum atomic E-state index is 0.136. The summed E-state index contributed by atoms with van der Waals surface area (Å²) in [7, 11) is 0. The molecule has 0 saturated carbocycles. The number of carbonyl (C=O) groups excluding carboxylic acids is 1. The number of piperidine rings is 1. The Kier molecular flexibility index (Phi) is 5.12. The van der Waals surface area contributed by atoms with E-state index in [1.165, 1.54) is 0 Å². The van der Waals surface area contributed by atoms with Crippen molar-refractivity contribution in [1.29, 1.82) is 0 Å². The van der Waals surface area contributed by atoms with Crippen molar-refractivity contribution in [3.05, 3.63) is 24.3 Å².